The Balaban J connectivity index is 1.55. The van der Waals surface area contributed by atoms with Crippen LogP contribution in [0.25, 0.3) is 11.4 Å². The van der Waals surface area contributed by atoms with Gasteiger partial charge in [0, 0.05) is 30.6 Å². The molecule has 0 saturated carbocycles. The molecule has 0 unspecified atom stereocenters. The second-order valence-corrected chi connectivity index (χ2v) is 6.46. The van der Waals surface area contributed by atoms with Crippen LogP contribution in [0.2, 0.25) is 0 Å². The number of rotatable bonds is 6. The molecule has 2 N–H and O–H groups in total. The minimum absolute atomic E-state index is 0.553. The van der Waals surface area contributed by atoms with Gasteiger partial charge in [0.2, 0.25) is 5.95 Å². The van der Waals surface area contributed by atoms with Crippen molar-refractivity contribution in [3.63, 3.8) is 0 Å². The Morgan fingerprint density at radius 1 is 1.04 bits per heavy atom. The van der Waals surface area contributed by atoms with Crippen molar-refractivity contribution in [2.75, 3.05) is 12.4 Å². The summed E-state index contributed by atoms with van der Waals surface area (Å²) in [6, 6.07) is 18.0. The van der Waals surface area contributed by atoms with Crippen molar-refractivity contribution in [3.05, 3.63) is 83.9 Å². The summed E-state index contributed by atoms with van der Waals surface area (Å²) in [5.74, 6) is 2.05. The number of hydrogen-bond acceptors (Lipinski definition) is 5. The maximum absolute atomic E-state index is 5.55. The fraction of sp³-hybridized carbons (Fsp3) is 0.136. The molecule has 0 radical (unpaired) electrons. The Morgan fingerprint density at radius 2 is 1.89 bits per heavy atom. The third-order valence-corrected chi connectivity index (χ3v) is 4.36. The number of anilines is 2. The van der Waals surface area contributed by atoms with Crippen molar-refractivity contribution in [2.24, 2.45) is 0 Å². The van der Waals surface area contributed by atoms with Crippen LogP contribution in [0.4, 0.5) is 11.6 Å². The summed E-state index contributed by atoms with van der Waals surface area (Å²) in [5, 5.41) is 3.26. The van der Waals surface area contributed by atoms with Crippen LogP contribution < -0.4 is 10.1 Å². The van der Waals surface area contributed by atoms with Crippen LogP contribution in [0.15, 0.2) is 67.0 Å². The zero-order valence-corrected chi connectivity index (χ0v) is 15.8. The SMILES string of the molecule is COc1cc(Nc2nccc(Cc3ccccc3)n2)ccc1-c1nc(C)c[nH]1. The number of nitrogens with zero attached hydrogens (tertiary/aromatic N) is 3. The van der Waals surface area contributed by atoms with E-state index in [9.17, 15) is 0 Å². The highest BCUT2D eigenvalue weighted by molar-refractivity contribution is 5.70. The first kappa shape index (κ1) is 17.7. The van der Waals surface area contributed by atoms with Gasteiger partial charge in [-0.15, -0.1) is 0 Å². The molecule has 4 aromatic rings. The van der Waals surface area contributed by atoms with Crippen LogP contribution in [-0.2, 0) is 6.42 Å². The average molecular weight is 371 g/mol. The van der Waals surface area contributed by atoms with Gasteiger partial charge in [-0.1, -0.05) is 30.3 Å². The number of aryl methyl sites for hydroxylation is 1. The number of hydrogen-bond donors (Lipinski definition) is 2. The van der Waals surface area contributed by atoms with Gasteiger partial charge in [0.25, 0.3) is 0 Å². The number of benzene rings is 2. The molecule has 0 fully saturated rings. The monoisotopic (exact) mass is 371 g/mol. The Kier molecular flexibility index (Phi) is 5.01. The zero-order chi connectivity index (χ0) is 19.3. The van der Waals surface area contributed by atoms with Crippen LogP contribution in [0.3, 0.4) is 0 Å². The highest BCUT2D eigenvalue weighted by Gasteiger charge is 2.11. The summed E-state index contributed by atoms with van der Waals surface area (Å²) in [6.07, 6.45) is 4.40. The van der Waals surface area contributed by atoms with E-state index in [-0.39, 0.29) is 0 Å². The maximum atomic E-state index is 5.55. The number of H-pyrrole nitrogens is 1. The minimum Gasteiger partial charge on any atom is -0.496 e. The third kappa shape index (κ3) is 4.01. The van der Waals surface area contributed by atoms with Crippen LogP contribution in [0.5, 0.6) is 5.75 Å². The molecular weight excluding hydrogens is 350 g/mol. The molecule has 0 spiro atoms. The van der Waals surface area contributed by atoms with E-state index in [4.69, 9.17) is 4.74 Å². The van der Waals surface area contributed by atoms with Gasteiger partial charge in [-0.3, -0.25) is 0 Å². The summed E-state index contributed by atoms with van der Waals surface area (Å²) >= 11 is 0. The molecule has 6 nitrogen and oxygen atoms in total. The summed E-state index contributed by atoms with van der Waals surface area (Å²) in [4.78, 5) is 16.6. The molecule has 0 atom stereocenters. The molecule has 0 aliphatic heterocycles. The van der Waals surface area contributed by atoms with E-state index >= 15 is 0 Å². The van der Waals surface area contributed by atoms with E-state index in [1.54, 1.807) is 13.3 Å². The lowest BCUT2D eigenvalue weighted by Crippen LogP contribution is -2.01. The first-order chi connectivity index (χ1) is 13.7. The fourth-order valence-electron chi connectivity index (χ4n) is 3.01. The molecule has 0 bridgehead atoms. The van der Waals surface area contributed by atoms with Crippen LogP contribution in [-0.4, -0.2) is 27.0 Å². The number of nitrogens with one attached hydrogen (secondary N) is 2. The van der Waals surface area contributed by atoms with Crippen molar-refractivity contribution in [1.29, 1.82) is 0 Å². The summed E-state index contributed by atoms with van der Waals surface area (Å²) < 4.78 is 5.55. The van der Waals surface area contributed by atoms with E-state index < -0.39 is 0 Å². The molecule has 2 aromatic heterocycles. The lowest BCUT2D eigenvalue weighted by molar-refractivity contribution is 0.416. The first-order valence-corrected chi connectivity index (χ1v) is 9.04. The van der Waals surface area contributed by atoms with Crippen LogP contribution in [0, 0.1) is 6.92 Å². The second-order valence-electron chi connectivity index (χ2n) is 6.46. The lowest BCUT2D eigenvalue weighted by atomic mass is 10.1. The van der Waals surface area contributed by atoms with Gasteiger partial charge < -0.3 is 15.0 Å². The molecule has 0 saturated heterocycles. The quantitative estimate of drug-likeness (QED) is 0.521. The number of imidazole rings is 1. The highest BCUT2D eigenvalue weighted by atomic mass is 16.5. The average Bonchev–Trinajstić information content (AvgIpc) is 3.15. The van der Waals surface area contributed by atoms with Gasteiger partial charge in [0.1, 0.15) is 11.6 Å². The van der Waals surface area contributed by atoms with E-state index in [2.05, 4.69) is 37.4 Å². The van der Waals surface area contributed by atoms with Gasteiger partial charge in [-0.05, 0) is 30.7 Å². The zero-order valence-electron chi connectivity index (χ0n) is 15.8. The van der Waals surface area contributed by atoms with Crippen molar-refractivity contribution in [1.82, 2.24) is 19.9 Å². The van der Waals surface area contributed by atoms with Crippen LogP contribution >= 0.6 is 0 Å². The Bertz CT molecular complexity index is 1080. The Morgan fingerprint density at radius 3 is 2.64 bits per heavy atom. The van der Waals surface area contributed by atoms with Crippen molar-refractivity contribution >= 4 is 11.6 Å². The molecule has 0 amide bonds. The third-order valence-electron chi connectivity index (χ3n) is 4.36. The van der Waals surface area contributed by atoms with E-state index in [1.165, 1.54) is 5.56 Å². The fourth-order valence-corrected chi connectivity index (χ4v) is 3.01. The topological polar surface area (TPSA) is 75.7 Å². The Hall–Kier alpha value is -3.67. The minimum atomic E-state index is 0.553. The second kappa shape index (κ2) is 7.92. The standard InChI is InChI=1S/C22H21N5O/c1-15-14-24-21(25-15)19-9-8-17(13-20(19)28-2)26-22-23-11-10-18(27-22)12-16-6-4-3-5-7-16/h3-11,13-14H,12H2,1-2H3,(H,24,25)(H,23,26,27). The van der Waals surface area contributed by atoms with Gasteiger partial charge in [-0.25, -0.2) is 15.0 Å². The summed E-state index contributed by atoms with van der Waals surface area (Å²) in [5.41, 5.74) is 4.86. The normalized spacial score (nSPS) is 10.6. The first-order valence-electron chi connectivity index (χ1n) is 9.04. The maximum Gasteiger partial charge on any atom is 0.227 e. The van der Waals surface area contributed by atoms with Crippen molar-refractivity contribution in [3.8, 4) is 17.1 Å². The smallest absolute Gasteiger partial charge is 0.227 e. The van der Waals surface area contributed by atoms with E-state index in [1.807, 2.05) is 55.6 Å². The van der Waals surface area contributed by atoms with Crippen LogP contribution in [0.1, 0.15) is 17.0 Å². The molecule has 6 heteroatoms. The molecule has 140 valence electrons. The summed E-state index contributed by atoms with van der Waals surface area (Å²) in [7, 11) is 1.65. The molecule has 0 aliphatic carbocycles. The van der Waals surface area contributed by atoms with Gasteiger partial charge in [0.15, 0.2) is 0 Å². The molecule has 0 aliphatic rings. The predicted molar refractivity (Wildman–Crippen MR) is 110 cm³/mol. The van der Waals surface area contributed by atoms with Crippen molar-refractivity contribution in [2.45, 2.75) is 13.3 Å². The van der Waals surface area contributed by atoms with Gasteiger partial charge in [0.05, 0.1) is 24.1 Å². The molecule has 2 aromatic carbocycles. The predicted octanol–water partition coefficient (Wildman–Crippen LogP) is 4.52. The molecule has 4 rings (SSSR count). The van der Waals surface area contributed by atoms with Gasteiger partial charge in [-0.2, -0.15) is 0 Å². The summed E-state index contributed by atoms with van der Waals surface area (Å²) in [6.45, 7) is 1.95. The largest absolute Gasteiger partial charge is 0.496 e. The Labute approximate surface area is 163 Å². The number of ether oxygens (including phenoxy) is 1. The molecule has 2 heterocycles. The van der Waals surface area contributed by atoms with E-state index in [0.29, 0.717) is 5.95 Å². The number of aromatic amines is 1. The van der Waals surface area contributed by atoms with E-state index in [0.717, 1.165) is 40.6 Å². The van der Waals surface area contributed by atoms with Crippen molar-refractivity contribution < 1.29 is 4.74 Å². The number of aromatic nitrogens is 4. The number of methoxy groups -OCH3 is 1. The molecule has 28 heavy (non-hydrogen) atoms. The lowest BCUT2D eigenvalue weighted by Gasteiger charge is -2.11. The van der Waals surface area contributed by atoms with Gasteiger partial charge >= 0.3 is 0 Å². The molecular formula is C22H21N5O. The highest BCUT2D eigenvalue weighted by Crippen LogP contribution is 2.31.